The van der Waals surface area contributed by atoms with Crippen molar-refractivity contribution in [2.75, 3.05) is 0 Å². The van der Waals surface area contributed by atoms with E-state index in [-0.39, 0.29) is 6.10 Å². The Bertz CT molecular complexity index is 1180. The summed E-state index contributed by atoms with van der Waals surface area (Å²) in [6.07, 6.45) is 11.0. The van der Waals surface area contributed by atoms with Crippen LogP contribution in [-0.2, 0) is 6.42 Å². The van der Waals surface area contributed by atoms with Crippen molar-refractivity contribution in [1.29, 1.82) is 0 Å². The molecule has 0 aliphatic heterocycles. The quantitative estimate of drug-likeness (QED) is 0.402. The van der Waals surface area contributed by atoms with Crippen LogP contribution in [0.1, 0.15) is 42.6 Å². The van der Waals surface area contributed by atoms with Crippen LogP contribution < -0.4 is 4.74 Å². The lowest BCUT2D eigenvalue weighted by Crippen LogP contribution is -2.05. The van der Waals surface area contributed by atoms with Crippen molar-refractivity contribution in [3.63, 3.8) is 0 Å². The summed E-state index contributed by atoms with van der Waals surface area (Å²) in [7, 11) is 0. The molecule has 4 aromatic rings. The number of halogens is 2. The molecule has 6 nitrogen and oxygen atoms in total. The first kappa shape index (κ1) is 20.3. The van der Waals surface area contributed by atoms with Crippen molar-refractivity contribution in [2.24, 2.45) is 0 Å². The van der Waals surface area contributed by atoms with Crippen LogP contribution in [-0.4, -0.2) is 25.1 Å². The van der Waals surface area contributed by atoms with Crippen molar-refractivity contribution in [2.45, 2.75) is 26.4 Å². The molecule has 1 N–H and O–H groups in total. The van der Waals surface area contributed by atoms with Crippen LogP contribution in [0.4, 0.5) is 0 Å². The van der Waals surface area contributed by atoms with Crippen LogP contribution in [0.25, 0.3) is 23.1 Å². The summed E-state index contributed by atoms with van der Waals surface area (Å²) < 4.78 is 6.10. The number of nitrogens with zero attached hydrogens (tertiary/aromatic N) is 4. The van der Waals surface area contributed by atoms with E-state index in [4.69, 9.17) is 27.9 Å². The van der Waals surface area contributed by atoms with Gasteiger partial charge in [-0.3, -0.25) is 10.1 Å². The van der Waals surface area contributed by atoms with E-state index in [2.05, 4.69) is 25.1 Å². The first-order valence-corrected chi connectivity index (χ1v) is 10.2. The molecule has 0 spiro atoms. The number of aromatic amines is 1. The zero-order valence-electron chi connectivity index (χ0n) is 16.4. The van der Waals surface area contributed by atoms with Gasteiger partial charge in [-0.2, -0.15) is 5.10 Å². The second-order valence-corrected chi connectivity index (χ2v) is 7.53. The average Bonchev–Trinajstić information content (AvgIpc) is 3.15. The molecule has 1 aromatic carbocycles. The zero-order valence-corrected chi connectivity index (χ0v) is 17.9. The van der Waals surface area contributed by atoms with Crippen molar-refractivity contribution in [3.05, 3.63) is 75.7 Å². The molecule has 3 heterocycles. The van der Waals surface area contributed by atoms with Gasteiger partial charge in [-0.05, 0) is 37.3 Å². The normalized spacial score (nSPS) is 12.5. The van der Waals surface area contributed by atoms with E-state index in [1.807, 2.05) is 44.2 Å². The second kappa shape index (κ2) is 8.81. The van der Waals surface area contributed by atoms with Crippen LogP contribution in [0.15, 0.2) is 43.0 Å². The fourth-order valence-electron chi connectivity index (χ4n) is 3.10. The zero-order chi connectivity index (χ0) is 21.1. The number of aryl methyl sites for hydroxylation is 1. The molecule has 152 valence electrons. The largest absolute Gasteiger partial charge is 0.486 e. The summed E-state index contributed by atoms with van der Waals surface area (Å²) in [5, 5.41) is 9.31. The van der Waals surface area contributed by atoms with Gasteiger partial charge in [-0.1, -0.05) is 30.1 Å². The minimum absolute atomic E-state index is 0.342. The summed E-state index contributed by atoms with van der Waals surface area (Å²) in [5.41, 5.74) is 3.32. The first-order valence-electron chi connectivity index (χ1n) is 9.48. The van der Waals surface area contributed by atoms with Gasteiger partial charge in [0.05, 0.1) is 21.3 Å². The Morgan fingerprint density at radius 2 is 1.80 bits per heavy atom. The third kappa shape index (κ3) is 4.30. The molecule has 0 radical (unpaired) electrons. The molecule has 0 saturated heterocycles. The number of rotatable bonds is 6. The molecular weight excluding hydrogens is 421 g/mol. The molecule has 8 heteroatoms. The van der Waals surface area contributed by atoms with E-state index in [9.17, 15) is 0 Å². The molecule has 0 bridgehead atoms. The standard InChI is InChI=1S/C22H19Cl2N5O/c1-3-21-26-9-14(10-27-21)4-6-19-16-8-15(5-7-20(16)29-28-19)30-13(2)22-17(23)11-25-12-18(22)24/h4-13H,3H2,1-2H3,(H,28,29)/b6-4+. The highest BCUT2D eigenvalue weighted by Crippen LogP contribution is 2.33. The SMILES string of the molecule is CCc1ncc(/C=C/c2n[nH]c3ccc(OC(C)c4c(Cl)cncc4Cl)cc23)cn1. The fraction of sp³-hybridized carbons (Fsp3) is 0.182. The van der Waals surface area contributed by atoms with Gasteiger partial charge >= 0.3 is 0 Å². The predicted molar refractivity (Wildman–Crippen MR) is 120 cm³/mol. The molecular formula is C22H19Cl2N5O. The highest BCUT2D eigenvalue weighted by atomic mass is 35.5. The maximum absolute atomic E-state index is 6.25. The number of nitrogens with one attached hydrogen (secondary N) is 1. The van der Waals surface area contributed by atoms with Gasteiger partial charge in [0, 0.05) is 47.7 Å². The molecule has 0 saturated carbocycles. The van der Waals surface area contributed by atoms with Crippen molar-refractivity contribution >= 4 is 46.3 Å². The molecule has 4 rings (SSSR count). The van der Waals surface area contributed by atoms with Gasteiger partial charge in [0.1, 0.15) is 17.7 Å². The van der Waals surface area contributed by atoms with Gasteiger partial charge in [-0.15, -0.1) is 0 Å². The third-order valence-corrected chi connectivity index (χ3v) is 5.25. The Balaban J connectivity index is 1.58. The number of benzene rings is 1. The first-order chi connectivity index (χ1) is 14.5. The number of fused-ring (bicyclic) bond motifs is 1. The lowest BCUT2D eigenvalue weighted by molar-refractivity contribution is 0.227. The third-order valence-electron chi connectivity index (χ3n) is 4.65. The Kier molecular flexibility index (Phi) is 5.97. The smallest absolute Gasteiger partial charge is 0.127 e. The van der Waals surface area contributed by atoms with Crippen molar-refractivity contribution in [1.82, 2.24) is 25.1 Å². The van der Waals surface area contributed by atoms with Gasteiger partial charge in [0.15, 0.2) is 0 Å². The number of ether oxygens (including phenoxy) is 1. The van der Waals surface area contributed by atoms with Gasteiger partial charge in [0.25, 0.3) is 0 Å². The van der Waals surface area contributed by atoms with E-state index in [0.717, 1.165) is 34.4 Å². The number of hydrogen-bond donors (Lipinski definition) is 1. The van der Waals surface area contributed by atoms with Crippen molar-refractivity contribution in [3.8, 4) is 5.75 Å². The highest BCUT2D eigenvalue weighted by Gasteiger charge is 2.16. The summed E-state index contributed by atoms with van der Waals surface area (Å²) in [4.78, 5) is 12.6. The van der Waals surface area contributed by atoms with Crippen LogP contribution in [0.5, 0.6) is 5.75 Å². The van der Waals surface area contributed by atoms with Crippen LogP contribution in [0.3, 0.4) is 0 Å². The summed E-state index contributed by atoms with van der Waals surface area (Å²) >= 11 is 12.5. The summed E-state index contributed by atoms with van der Waals surface area (Å²) in [5.74, 6) is 1.51. The minimum Gasteiger partial charge on any atom is -0.486 e. The number of pyridine rings is 1. The molecule has 30 heavy (non-hydrogen) atoms. The van der Waals surface area contributed by atoms with Crippen LogP contribution >= 0.6 is 23.2 Å². The van der Waals surface area contributed by atoms with E-state index >= 15 is 0 Å². The maximum atomic E-state index is 6.25. The fourth-order valence-corrected chi connectivity index (χ4v) is 3.77. The highest BCUT2D eigenvalue weighted by molar-refractivity contribution is 6.35. The van der Waals surface area contributed by atoms with Crippen LogP contribution in [0.2, 0.25) is 10.0 Å². The van der Waals surface area contributed by atoms with E-state index in [0.29, 0.717) is 21.4 Å². The maximum Gasteiger partial charge on any atom is 0.127 e. The van der Waals surface area contributed by atoms with E-state index in [1.165, 1.54) is 0 Å². The molecule has 1 atom stereocenters. The second-order valence-electron chi connectivity index (χ2n) is 6.71. The Labute approximate surface area is 184 Å². The Hall–Kier alpha value is -2.96. The monoisotopic (exact) mass is 439 g/mol. The number of H-pyrrole nitrogens is 1. The molecule has 0 fully saturated rings. The van der Waals surface area contributed by atoms with E-state index < -0.39 is 0 Å². The Morgan fingerprint density at radius 3 is 2.50 bits per heavy atom. The number of hydrogen-bond acceptors (Lipinski definition) is 5. The average molecular weight is 440 g/mol. The molecule has 0 aliphatic carbocycles. The van der Waals surface area contributed by atoms with Gasteiger partial charge in [0.2, 0.25) is 0 Å². The molecule has 0 aliphatic rings. The van der Waals surface area contributed by atoms with E-state index in [1.54, 1.807) is 24.8 Å². The number of aromatic nitrogens is 5. The van der Waals surface area contributed by atoms with Gasteiger partial charge < -0.3 is 4.74 Å². The molecule has 1 unspecified atom stereocenters. The van der Waals surface area contributed by atoms with Gasteiger partial charge in [-0.25, -0.2) is 9.97 Å². The predicted octanol–water partition coefficient (Wildman–Crippen LogP) is 5.93. The Morgan fingerprint density at radius 1 is 1.07 bits per heavy atom. The van der Waals surface area contributed by atoms with Crippen molar-refractivity contribution < 1.29 is 4.74 Å². The minimum atomic E-state index is -0.342. The molecule has 3 aromatic heterocycles. The summed E-state index contributed by atoms with van der Waals surface area (Å²) in [6.45, 7) is 3.92. The lowest BCUT2D eigenvalue weighted by atomic mass is 10.1. The molecule has 0 amide bonds. The lowest BCUT2D eigenvalue weighted by Gasteiger charge is -2.17. The summed E-state index contributed by atoms with van der Waals surface area (Å²) in [6, 6.07) is 5.75. The van der Waals surface area contributed by atoms with Crippen LogP contribution in [0, 0.1) is 0 Å². The topological polar surface area (TPSA) is 76.6 Å².